The molecule has 3 aromatic rings. The van der Waals surface area contributed by atoms with Crippen LogP contribution in [0.3, 0.4) is 0 Å². The summed E-state index contributed by atoms with van der Waals surface area (Å²) in [6.07, 6.45) is 1.71. The average Bonchev–Trinajstić information content (AvgIpc) is 3.26. The summed E-state index contributed by atoms with van der Waals surface area (Å²) < 4.78 is 7.86. The monoisotopic (exact) mass is 447 g/mol. The van der Waals surface area contributed by atoms with E-state index in [0.717, 1.165) is 82.4 Å². The highest BCUT2D eigenvalue weighted by Gasteiger charge is 2.27. The summed E-state index contributed by atoms with van der Waals surface area (Å²) in [6, 6.07) is 18.5. The van der Waals surface area contributed by atoms with Crippen molar-refractivity contribution in [2.24, 2.45) is 5.92 Å². The number of nitrogens with zero attached hydrogens (tertiary/aromatic N) is 4. The van der Waals surface area contributed by atoms with Crippen LogP contribution in [-0.4, -0.2) is 66.3 Å². The lowest BCUT2D eigenvalue weighted by molar-refractivity contribution is -0.125. The fraction of sp³-hybridized carbons (Fsp3) is 0.462. The van der Waals surface area contributed by atoms with Gasteiger partial charge in [0.05, 0.1) is 24.2 Å². The highest BCUT2D eigenvalue weighted by Crippen LogP contribution is 2.27. The molecule has 0 atom stereocenters. The molecule has 33 heavy (non-hydrogen) atoms. The van der Waals surface area contributed by atoms with Gasteiger partial charge in [-0.2, -0.15) is 0 Å². The van der Waals surface area contributed by atoms with Gasteiger partial charge in [-0.1, -0.05) is 42.5 Å². The average molecular weight is 448 g/mol. The SMILES string of the molecule is O=C(NCc1ccccc1)C1CCN(c2nc3ccccc3n2CCN2CCOCC2)CC1. The number of rotatable bonds is 7. The van der Waals surface area contributed by atoms with Gasteiger partial charge in [-0.05, 0) is 30.5 Å². The number of para-hydroxylation sites is 2. The molecule has 0 bridgehead atoms. The van der Waals surface area contributed by atoms with E-state index in [1.807, 2.05) is 30.3 Å². The number of imidazole rings is 1. The quantitative estimate of drug-likeness (QED) is 0.604. The summed E-state index contributed by atoms with van der Waals surface area (Å²) in [5.74, 6) is 1.27. The molecule has 0 aliphatic carbocycles. The number of hydrogen-bond donors (Lipinski definition) is 1. The van der Waals surface area contributed by atoms with Gasteiger partial charge in [0.25, 0.3) is 0 Å². The van der Waals surface area contributed by atoms with Crippen molar-refractivity contribution in [3.63, 3.8) is 0 Å². The molecule has 0 spiro atoms. The summed E-state index contributed by atoms with van der Waals surface area (Å²) >= 11 is 0. The normalized spacial score (nSPS) is 18.0. The summed E-state index contributed by atoms with van der Waals surface area (Å²) in [5.41, 5.74) is 3.36. The predicted octanol–water partition coefficient (Wildman–Crippen LogP) is 2.90. The molecule has 2 saturated heterocycles. The minimum absolute atomic E-state index is 0.0659. The molecule has 0 unspecified atom stereocenters. The predicted molar refractivity (Wildman–Crippen MR) is 130 cm³/mol. The van der Waals surface area contributed by atoms with E-state index >= 15 is 0 Å². The van der Waals surface area contributed by atoms with E-state index in [-0.39, 0.29) is 11.8 Å². The largest absolute Gasteiger partial charge is 0.379 e. The fourth-order valence-corrected chi connectivity index (χ4v) is 4.86. The molecule has 174 valence electrons. The van der Waals surface area contributed by atoms with Crippen LogP contribution in [-0.2, 0) is 22.6 Å². The number of morpholine rings is 1. The number of piperidine rings is 1. The Balaban J connectivity index is 1.22. The third-order valence-corrected chi connectivity index (χ3v) is 6.84. The first-order chi connectivity index (χ1) is 16.3. The zero-order valence-electron chi connectivity index (χ0n) is 19.2. The van der Waals surface area contributed by atoms with Crippen molar-refractivity contribution in [2.75, 3.05) is 50.8 Å². The van der Waals surface area contributed by atoms with Gasteiger partial charge >= 0.3 is 0 Å². The molecule has 3 heterocycles. The van der Waals surface area contributed by atoms with Crippen LogP contribution < -0.4 is 10.2 Å². The van der Waals surface area contributed by atoms with Crippen LogP contribution in [0.5, 0.6) is 0 Å². The van der Waals surface area contributed by atoms with E-state index in [1.165, 1.54) is 5.52 Å². The van der Waals surface area contributed by atoms with Gasteiger partial charge < -0.3 is 19.5 Å². The minimum atomic E-state index is 0.0659. The van der Waals surface area contributed by atoms with E-state index in [9.17, 15) is 4.79 Å². The van der Waals surface area contributed by atoms with E-state index in [1.54, 1.807) is 0 Å². The van der Waals surface area contributed by atoms with Gasteiger partial charge in [0.2, 0.25) is 11.9 Å². The number of carbonyl (C=O) groups excluding carboxylic acids is 1. The van der Waals surface area contributed by atoms with E-state index in [4.69, 9.17) is 9.72 Å². The highest BCUT2D eigenvalue weighted by atomic mass is 16.5. The fourth-order valence-electron chi connectivity index (χ4n) is 4.86. The molecule has 2 aliphatic heterocycles. The number of aromatic nitrogens is 2. The molecular weight excluding hydrogens is 414 g/mol. The van der Waals surface area contributed by atoms with Gasteiger partial charge in [-0.3, -0.25) is 9.69 Å². The number of fused-ring (bicyclic) bond motifs is 1. The smallest absolute Gasteiger partial charge is 0.223 e. The molecule has 2 fully saturated rings. The third kappa shape index (κ3) is 5.20. The molecule has 1 amide bonds. The first-order valence-corrected chi connectivity index (χ1v) is 12.1. The Kier molecular flexibility index (Phi) is 6.88. The van der Waals surface area contributed by atoms with E-state index < -0.39 is 0 Å². The van der Waals surface area contributed by atoms with Crippen molar-refractivity contribution in [3.05, 3.63) is 60.2 Å². The van der Waals surface area contributed by atoms with Crippen LogP contribution in [0.1, 0.15) is 18.4 Å². The van der Waals surface area contributed by atoms with Gasteiger partial charge in [0.1, 0.15) is 0 Å². The third-order valence-electron chi connectivity index (χ3n) is 6.84. The second-order valence-electron chi connectivity index (χ2n) is 8.97. The molecule has 2 aromatic carbocycles. The lowest BCUT2D eigenvalue weighted by Gasteiger charge is -2.33. The summed E-state index contributed by atoms with van der Waals surface area (Å²) in [6.45, 7) is 7.82. The molecule has 1 aromatic heterocycles. The van der Waals surface area contributed by atoms with Crippen LogP contribution in [0.15, 0.2) is 54.6 Å². The second kappa shape index (κ2) is 10.4. The van der Waals surface area contributed by atoms with Crippen LogP contribution in [0, 0.1) is 5.92 Å². The Morgan fingerprint density at radius 3 is 2.45 bits per heavy atom. The Morgan fingerprint density at radius 2 is 1.67 bits per heavy atom. The number of benzene rings is 2. The Labute approximate surface area is 195 Å². The maximum atomic E-state index is 12.7. The summed E-state index contributed by atoms with van der Waals surface area (Å²) in [7, 11) is 0. The minimum Gasteiger partial charge on any atom is -0.379 e. The van der Waals surface area contributed by atoms with Crippen molar-refractivity contribution in [1.82, 2.24) is 19.8 Å². The van der Waals surface area contributed by atoms with Crippen LogP contribution in [0.2, 0.25) is 0 Å². The van der Waals surface area contributed by atoms with Gasteiger partial charge in [0.15, 0.2) is 0 Å². The molecule has 7 nitrogen and oxygen atoms in total. The zero-order valence-corrected chi connectivity index (χ0v) is 19.2. The molecule has 0 radical (unpaired) electrons. The topological polar surface area (TPSA) is 62.6 Å². The number of anilines is 1. The van der Waals surface area contributed by atoms with Crippen molar-refractivity contribution >= 4 is 22.9 Å². The summed E-state index contributed by atoms with van der Waals surface area (Å²) in [4.78, 5) is 22.5. The Hall–Kier alpha value is -2.90. The zero-order chi connectivity index (χ0) is 22.5. The standard InChI is InChI=1S/C26H33N5O2/c32-25(27-20-21-6-2-1-3-7-21)22-10-12-30(13-11-22)26-28-23-8-4-5-9-24(23)31(26)15-14-29-16-18-33-19-17-29/h1-9,22H,10-20H2,(H,27,32). The lowest BCUT2D eigenvalue weighted by atomic mass is 9.96. The van der Waals surface area contributed by atoms with Gasteiger partial charge in [0, 0.05) is 51.7 Å². The van der Waals surface area contributed by atoms with Crippen LogP contribution in [0.4, 0.5) is 5.95 Å². The van der Waals surface area contributed by atoms with Gasteiger partial charge in [-0.15, -0.1) is 0 Å². The maximum Gasteiger partial charge on any atom is 0.223 e. The summed E-state index contributed by atoms with van der Waals surface area (Å²) in [5, 5.41) is 3.12. The van der Waals surface area contributed by atoms with Crippen molar-refractivity contribution in [2.45, 2.75) is 25.9 Å². The van der Waals surface area contributed by atoms with Crippen LogP contribution in [0.25, 0.3) is 11.0 Å². The maximum absolute atomic E-state index is 12.7. The Bertz CT molecular complexity index is 1050. The molecule has 7 heteroatoms. The number of ether oxygens (including phenoxy) is 1. The molecule has 1 N–H and O–H groups in total. The molecule has 2 aliphatic rings. The molecule has 0 saturated carbocycles. The van der Waals surface area contributed by atoms with Crippen molar-refractivity contribution in [1.29, 1.82) is 0 Å². The highest BCUT2D eigenvalue weighted by molar-refractivity contribution is 5.80. The van der Waals surface area contributed by atoms with Crippen molar-refractivity contribution < 1.29 is 9.53 Å². The van der Waals surface area contributed by atoms with Crippen molar-refractivity contribution in [3.8, 4) is 0 Å². The number of amides is 1. The second-order valence-corrected chi connectivity index (χ2v) is 8.97. The van der Waals surface area contributed by atoms with E-state index in [0.29, 0.717) is 6.54 Å². The van der Waals surface area contributed by atoms with E-state index in [2.05, 4.69) is 43.9 Å². The number of carbonyl (C=O) groups is 1. The molecular formula is C26H33N5O2. The number of hydrogen-bond acceptors (Lipinski definition) is 5. The van der Waals surface area contributed by atoms with Gasteiger partial charge in [-0.25, -0.2) is 4.98 Å². The lowest BCUT2D eigenvalue weighted by Crippen LogP contribution is -2.42. The number of nitrogens with one attached hydrogen (secondary N) is 1. The Morgan fingerprint density at radius 1 is 0.939 bits per heavy atom. The van der Waals surface area contributed by atoms with Crippen LogP contribution >= 0.6 is 0 Å². The first-order valence-electron chi connectivity index (χ1n) is 12.1. The first kappa shape index (κ1) is 21.9. The molecule has 5 rings (SSSR count).